The van der Waals surface area contributed by atoms with Crippen molar-refractivity contribution in [3.05, 3.63) is 29.8 Å². The summed E-state index contributed by atoms with van der Waals surface area (Å²) < 4.78 is 30.2. The summed E-state index contributed by atoms with van der Waals surface area (Å²) in [7, 11) is -3.51. The number of nitrogens with zero attached hydrogens (tertiary/aromatic N) is 1. The second-order valence-electron chi connectivity index (χ2n) is 5.06. The molecule has 2 aliphatic heterocycles. The van der Waals surface area contributed by atoms with Gasteiger partial charge in [0.15, 0.2) is 0 Å². The lowest BCUT2D eigenvalue weighted by Crippen LogP contribution is -2.44. The molecule has 20 heavy (non-hydrogen) atoms. The van der Waals surface area contributed by atoms with Crippen LogP contribution in [0.15, 0.2) is 29.2 Å². The highest BCUT2D eigenvalue weighted by molar-refractivity contribution is 7.89. The molecule has 2 heterocycles. The van der Waals surface area contributed by atoms with Gasteiger partial charge in [-0.1, -0.05) is 12.5 Å². The molecule has 1 N–H and O–H groups in total. The topological polar surface area (TPSA) is 58.6 Å². The van der Waals surface area contributed by atoms with Crippen molar-refractivity contribution in [2.45, 2.75) is 24.2 Å². The largest absolute Gasteiger partial charge is 0.489 e. The van der Waals surface area contributed by atoms with Crippen LogP contribution in [0.2, 0.25) is 0 Å². The fourth-order valence-corrected chi connectivity index (χ4v) is 3.63. The number of piperidine rings is 1. The van der Waals surface area contributed by atoms with Gasteiger partial charge in [-0.2, -0.15) is 0 Å². The van der Waals surface area contributed by atoms with E-state index in [1.165, 1.54) is 6.42 Å². The van der Waals surface area contributed by atoms with Crippen LogP contribution in [0, 0.1) is 0 Å². The van der Waals surface area contributed by atoms with Gasteiger partial charge in [0.25, 0.3) is 10.0 Å². The Hall–Kier alpha value is -1.37. The maximum absolute atomic E-state index is 12.4. The fourth-order valence-electron chi connectivity index (χ4n) is 2.48. The third kappa shape index (κ3) is 2.87. The number of fused-ring (bicyclic) bond motifs is 1. The molecule has 1 aromatic carbocycles. The molecular formula is C14H18N2O3S. The zero-order valence-corrected chi connectivity index (χ0v) is 12.0. The Labute approximate surface area is 119 Å². The van der Waals surface area contributed by atoms with Crippen molar-refractivity contribution in [2.75, 3.05) is 19.7 Å². The smallest absolute Gasteiger partial charge is 0.253 e. The Morgan fingerprint density at radius 1 is 1.15 bits per heavy atom. The molecule has 0 unspecified atom stereocenters. The van der Waals surface area contributed by atoms with E-state index >= 15 is 0 Å². The van der Waals surface area contributed by atoms with Crippen LogP contribution in [0.5, 0.6) is 5.75 Å². The van der Waals surface area contributed by atoms with Crippen LogP contribution in [0.4, 0.5) is 0 Å². The molecule has 0 saturated carbocycles. The quantitative estimate of drug-likeness (QED) is 0.923. The number of sulfonamides is 1. The third-order valence-electron chi connectivity index (χ3n) is 3.53. The van der Waals surface area contributed by atoms with Gasteiger partial charge in [0.2, 0.25) is 0 Å². The minimum atomic E-state index is -3.51. The van der Waals surface area contributed by atoms with E-state index in [1.54, 1.807) is 23.2 Å². The highest BCUT2D eigenvalue weighted by atomic mass is 32.2. The summed E-state index contributed by atoms with van der Waals surface area (Å²) in [5.41, 5.74) is 0.803. The van der Waals surface area contributed by atoms with Gasteiger partial charge in [0.05, 0.1) is 4.90 Å². The summed E-state index contributed by atoms with van der Waals surface area (Å²) in [5, 5.41) is 1.78. The second-order valence-corrected chi connectivity index (χ2v) is 6.72. The fraction of sp³-hybridized carbons (Fsp3) is 0.429. The molecule has 5 nitrogen and oxygen atoms in total. The highest BCUT2D eigenvalue weighted by Gasteiger charge is 2.21. The molecule has 3 rings (SSSR count). The van der Waals surface area contributed by atoms with Crippen LogP contribution >= 0.6 is 0 Å². The summed E-state index contributed by atoms with van der Waals surface area (Å²) >= 11 is 0. The monoisotopic (exact) mass is 294 g/mol. The van der Waals surface area contributed by atoms with E-state index in [9.17, 15) is 8.42 Å². The molecule has 2 aliphatic rings. The van der Waals surface area contributed by atoms with Crippen molar-refractivity contribution in [1.29, 1.82) is 0 Å². The van der Waals surface area contributed by atoms with E-state index in [0.717, 1.165) is 37.2 Å². The molecule has 0 spiro atoms. The lowest BCUT2D eigenvalue weighted by atomic mass is 10.1. The summed E-state index contributed by atoms with van der Waals surface area (Å²) in [4.78, 5) is 2.93. The van der Waals surface area contributed by atoms with Gasteiger partial charge in [-0.3, -0.25) is 0 Å². The van der Waals surface area contributed by atoms with E-state index < -0.39 is 10.0 Å². The average molecular weight is 294 g/mol. The molecule has 0 atom stereocenters. The Kier molecular flexibility index (Phi) is 3.78. The molecular weight excluding hydrogens is 276 g/mol. The van der Waals surface area contributed by atoms with Crippen LogP contribution < -0.4 is 9.57 Å². The van der Waals surface area contributed by atoms with E-state index in [4.69, 9.17) is 4.74 Å². The Bertz CT molecular complexity index is 619. The number of hydrazine groups is 1. The molecule has 0 bridgehead atoms. The number of nitrogens with one attached hydrogen (secondary N) is 1. The van der Waals surface area contributed by atoms with Crippen LogP contribution in [0.1, 0.15) is 24.8 Å². The molecule has 6 heteroatoms. The van der Waals surface area contributed by atoms with Crippen molar-refractivity contribution in [1.82, 2.24) is 9.84 Å². The zero-order valence-electron chi connectivity index (χ0n) is 11.2. The van der Waals surface area contributed by atoms with Gasteiger partial charge < -0.3 is 4.74 Å². The predicted octanol–water partition coefficient (Wildman–Crippen LogP) is 1.77. The van der Waals surface area contributed by atoms with Gasteiger partial charge in [0, 0.05) is 18.7 Å². The SMILES string of the molecule is O=S(=O)(NN1CCCCC1)c1ccc2c(c1)C=CCO2. The van der Waals surface area contributed by atoms with Gasteiger partial charge in [-0.15, -0.1) is 4.83 Å². The highest BCUT2D eigenvalue weighted by Crippen LogP contribution is 2.26. The van der Waals surface area contributed by atoms with Crippen LogP contribution in [-0.4, -0.2) is 33.1 Å². The van der Waals surface area contributed by atoms with Crippen molar-refractivity contribution >= 4 is 16.1 Å². The van der Waals surface area contributed by atoms with E-state index in [2.05, 4.69) is 4.83 Å². The third-order valence-corrected chi connectivity index (χ3v) is 4.90. The molecule has 0 radical (unpaired) electrons. The number of rotatable bonds is 3. The first-order valence-electron chi connectivity index (χ1n) is 6.86. The molecule has 0 aliphatic carbocycles. The van der Waals surface area contributed by atoms with Crippen molar-refractivity contribution in [3.63, 3.8) is 0 Å². The molecule has 1 aromatic rings. The first-order valence-corrected chi connectivity index (χ1v) is 8.34. The van der Waals surface area contributed by atoms with Crippen LogP contribution in [0.3, 0.4) is 0 Å². The van der Waals surface area contributed by atoms with Crippen LogP contribution in [-0.2, 0) is 10.0 Å². The first kappa shape index (κ1) is 13.6. The van der Waals surface area contributed by atoms with E-state index in [0.29, 0.717) is 6.61 Å². The minimum Gasteiger partial charge on any atom is -0.489 e. The van der Waals surface area contributed by atoms with Gasteiger partial charge in [0.1, 0.15) is 12.4 Å². The molecule has 0 amide bonds. The minimum absolute atomic E-state index is 0.275. The second kappa shape index (κ2) is 5.55. The van der Waals surface area contributed by atoms with E-state index in [-0.39, 0.29) is 4.90 Å². The standard InChI is InChI=1S/C14H18N2O3S/c17-20(18,15-16-8-2-1-3-9-16)13-6-7-14-12(11-13)5-4-10-19-14/h4-7,11,15H,1-3,8-10H2. The molecule has 1 saturated heterocycles. The van der Waals surface area contributed by atoms with Gasteiger partial charge in [-0.25, -0.2) is 13.4 Å². The maximum atomic E-state index is 12.4. The van der Waals surface area contributed by atoms with Crippen molar-refractivity contribution in [3.8, 4) is 5.75 Å². The summed E-state index contributed by atoms with van der Waals surface area (Å²) in [6.45, 7) is 2.07. The summed E-state index contributed by atoms with van der Waals surface area (Å²) in [5.74, 6) is 0.726. The lowest BCUT2D eigenvalue weighted by Gasteiger charge is -2.26. The molecule has 0 aromatic heterocycles. The van der Waals surface area contributed by atoms with Gasteiger partial charge >= 0.3 is 0 Å². The number of ether oxygens (including phenoxy) is 1. The Morgan fingerprint density at radius 3 is 2.75 bits per heavy atom. The number of hydrogen-bond acceptors (Lipinski definition) is 4. The lowest BCUT2D eigenvalue weighted by molar-refractivity contribution is 0.200. The average Bonchev–Trinajstić information content (AvgIpc) is 2.47. The van der Waals surface area contributed by atoms with Gasteiger partial charge in [-0.05, 0) is 37.1 Å². The number of hydrogen-bond donors (Lipinski definition) is 1. The predicted molar refractivity (Wildman–Crippen MR) is 76.7 cm³/mol. The summed E-state index contributed by atoms with van der Waals surface area (Å²) in [6.07, 6.45) is 6.99. The first-order chi connectivity index (χ1) is 9.65. The Morgan fingerprint density at radius 2 is 1.95 bits per heavy atom. The Balaban J connectivity index is 1.82. The maximum Gasteiger partial charge on any atom is 0.253 e. The normalized spacial score (nSPS) is 19.4. The van der Waals surface area contributed by atoms with E-state index in [1.807, 2.05) is 12.2 Å². The van der Waals surface area contributed by atoms with Crippen molar-refractivity contribution in [2.24, 2.45) is 0 Å². The molecule has 1 fully saturated rings. The summed E-state index contributed by atoms with van der Waals surface area (Å²) in [6, 6.07) is 4.95. The number of benzene rings is 1. The van der Waals surface area contributed by atoms with Crippen molar-refractivity contribution < 1.29 is 13.2 Å². The zero-order chi connectivity index (χ0) is 14.0. The molecule has 108 valence electrons. The van der Waals surface area contributed by atoms with Crippen LogP contribution in [0.25, 0.3) is 6.08 Å².